The zero-order chi connectivity index (χ0) is 16.4. The number of hydrogen-bond donors (Lipinski definition) is 0. The molecule has 0 amide bonds. The molecule has 0 bridgehead atoms. The first-order valence-corrected chi connectivity index (χ1v) is 9.01. The molecule has 0 radical (unpaired) electrons. The van der Waals surface area contributed by atoms with Gasteiger partial charge in [0, 0.05) is 10.7 Å². The second kappa shape index (κ2) is 6.28. The zero-order valence-corrected chi connectivity index (χ0v) is 14.3. The van der Waals surface area contributed by atoms with Crippen LogP contribution in [0.2, 0.25) is 0 Å². The van der Waals surface area contributed by atoms with Gasteiger partial charge in [0.25, 0.3) is 0 Å². The second-order valence-corrected chi connectivity index (χ2v) is 7.84. The summed E-state index contributed by atoms with van der Waals surface area (Å²) >= 11 is 3.28. The fourth-order valence-electron chi connectivity index (χ4n) is 2.15. The number of hydrogen-bond acceptors (Lipinski definition) is 5. The lowest BCUT2D eigenvalue weighted by Gasteiger charge is -2.37. The molecule has 118 valence electrons. The number of nitrogens with zero attached hydrogens (tertiary/aromatic N) is 3. The van der Waals surface area contributed by atoms with E-state index in [1.807, 2.05) is 6.07 Å². The lowest BCUT2D eigenvalue weighted by atomic mass is 10.2. The van der Waals surface area contributed by atoms with Crippen LogP contribution in [0.5, 0.6) is 5.88 Å². The maximum atomic E-state index is 12.4. The van der Waals surface area contributed by atoms with E-state index in [9.17, 15) is 8.42 Å². The fourth-order valence-corrected chi connectivity index (χ4v) is 3.92. The predicted octanol–water partition coefficient (Wildman–Crippen LogP) is 2.17. The molecule has 1 aromatic heterocycles. The Hall–Kier alpha value is -1.95. The number of pyridine rings is 1. The topological polar surface area (TPSA) is 83.3 Å². The standard InChI is InChI=1S/C15H12BrN3O3S/c16-12-3-5-14(6-4-12)23(20,21)19-9-13(10-19)22-15-11(8-17)2-1-7-18-15/h1-7,13H,9-10H2. The summed E-state index contributed by atoms with van der Waals surface area (Å²) in [6.07, 6.45) is 1.23. The summed E-state index contributed by atoms with van der Waals surface area (Å²) in [5.74, 6) is 0.237. The van der Waals surface area contributed by atoms with Crippen LogP contribution in [-0.2, 0) is 10.0 Å². The first-order chi connectivity index (χ1) is 11.0. The molecule has 3 rings (SSSR count). The monoisotopic (exact) mass is 393 g/mol. The highest BCUT2D eigenvalue weighted by molar-refractivity contribution is 9.10. The van der Waals surface area contributed by atoms with Gasteiger partial charge in [-0.1, -0.05) is 15.9 Å². The van der Waals surface area contributed by atoms with Gasteiger partial charge in [-0.05, 0) is 36.4 Å². The van der Waals surface area contributed by atoms with Crippen molar-refractivity contribution >= 4 is 26.0 Å². The van der Waals surface area contributed by atoms with Crippen molar-refractivity contribution in [3.63, 3.8) is 0 Å². The number of halogens is 1. The van der Waals surface area contributed by atoms with Gasteiger partial charge >= 0.3 is 0 Å². The van der Waals surface area contributed by atoms with E-state index in [4.69, 9.17) is 10.00 Å². The molecule has 0 aliphatic carbocycles. The van der Waals surface area contributed by atoms with Gasteiger partial charge in [-0.2, -0.15) is 9.57 Å². The fraction of sp³-hybridized carbons (Fsp3) is 0.200. The van der Waals surface area contributed by atoms with Crippen molar-refractivity contribution in [2.45, 2.75) is 11.0 Å². The van der Waals surface area contributed by atoms with Crippen molar-refractivity contribution in [2.75, 3.05) is 13.1 Å². The molecule has 1 aliphatic heterocycles. The van der Waals surface area contributed by atoms with E-state index in [-0.39, 0.29) is 30.0 Å². The largest absolute Gasteiger partial charge is 0.471 e. The van der Waals surface area contributed by atoms with Crippen molar-refractivity contribution in [3.8, 4) is 11.9 Å². The molecule has 1 aliphatic rings. The van der Waals surface area contributed by atoms with E-state index in [0.717, 1.165) is 4.47 Å². The molecule has 0 N–H and O–H groups in total. The van der Waals surface area contributed by atoms with E-state index in [1.54, 1.807) is 36.4 Å². The summed E-state index contributed by atoms with van der Waals surface area (Å²) < 4.78 is 32.6. The number of nitriles is 1. The van der Waals surface area contributed by atoms with Crippen LogP contribution in [0.3, 0.4) is 0 Å². The second-order valence-electron chi connectivity index (χ2n) is 4.98. The van der Waals surface area contributed by atoms with Crippen LogP contribution in [0, 0.1) is 11.3 Å². The maximum absolute atomic E-state index is 12.4. The Morgan fingerprint density at radius 1 is 1.26 bits per heavy atom. The summed E-state index contributed by atoms with van der Waals surface area (Å²) in [5, 5.41) is 8.99. The number of aromatic nitrogens is 1. The minimum Gasteiger partial charge on any atom is -0.471 e. The number of rotatable bonds is 4. The Labute approximate surface area is 142 Å². The quantitative estimate of drug-likeness (QED) is 0.794. The van der Waals surface area contributed by atoms with Crippen molar-refractivity contribution < 1.29 is 13.2 Å². The molecule has 6 nitrogen and oxygen atoms in total. The van der Waals surface area contributed by atoms with Crippen LogP contribution in [-0.4, -0.2) is 36.9 Å². The lowest BCUT2D eigenvalue weighted by molar-refractivity contribution is 0.0718. The maximum Gasteiger partial charge on any atom is 0.243 e. The van der Waals surface area contributed by atoms with Gasteiger partial charge in [0.15, 0.2) is 0 Å². The molecule has 0 atom stereocenters. The van der Waals surface area contributed by atoms with Crippen LogP contribution in [0.4, 0.5) is 0 Å². The van der Waals surface area contributed by atoms with Crippen molar-refractivity contribution in [1.29, 1.82) is 5.26 Å². The molecular weight excluding hydrogens is 382 g/mol. The van der Waals surface area contributed by atoms with Gasteiger partial charge in [0.2, 0.25) is 15.9 Å². The van der Waals surface area contributed by atoms with E-state index >= 15 is 0 Å². The third-order valence-corrected chi connectivity index (χ3v) is 5.81. The first-order valence-electron chi connectivity index (χ1n) is 6.78. The summed E-state index contributed by atoms with van der Waals surface area (Å²) in [6, 6.07) is 11.7. The first kappa shape index (κ1) is 15.9. The molecule has 1 fully saturated rings. The van der Waals surface area contributed by atoms with Crippen LogP contribution >= 0.6 is 15.9 Å². The Morgan fingerprint density at radius 3 is 2.61 bits per heavy atom. The van der Waals surface area contributed by atoms with Gasteiger partial charge in [-0.15, -0.1) is 0 Å². The highest BCUT2D eigenvalue weighted by atomic mass is 79.9. The lowest BCUT2D eigenvalue weighted by Crippen LogP contribution is -2.56. The molecule has 1 aromatic carbocycles. The van der Waals surface area contributed by atoms with Gasteiger partial charge < -0.3 is 4.74 Å². The average molecular weight is 394 g/mol. The molecular formula is C15H12BrN3O3S. The highest BCUT2D eigenvalue weighted by Crippen LogP contribution is 2.26. The minimum absolute atomic E-state index is 0.236. The summed E-state index contributed by atoms with van der Waals surface area (Å²) in [7, 11) is -3.51. The Kier molecular flexibility index (Phi) is 4.35. The van der Waals surface area contributed by atoms with Crippen molar-refractivity contribution in [3.05, 3.63) is 52.6 Å². The summed E-state index contributed by atoms with van der Waals surface area (Å²) in [6.45, 7) is 0.472. The predicted molar refractivity (Wildman–Crippen MR) is 86.3 cm³/mol. The normalized spacial score (nSPS) is 15.7. The molecule has 1 saturated heterocycles. The molecule has 0 unspecified atom stereocenters. The van der Waals surface area contributed by atoms with Crippen molar-refractivity contribution in [2.24, 2.45) is 0 Å². The van der Waals surface area contributed by atoms with Gasteiger partial charge in [0.05, 0.1) is 18.0 Å². The van der Waals surface area contributed by atoms with E-state index in [0.29, 0.717) is 5.56 Å². The molecule has 23 heavy (non-hydrogen) atoms. The van der Waals surface area contributed by atoms with Gasteiger partial charge in [-0.3, -0.25) is 0 Å². The minimum atomic E-state index is -3.51. The van der Waals surface area contributed by atoms with E-state index < -0.39 is 10.0 Å². The molecule has 0 spiro atoms. The smallest absolute Gasteiger partial charge is 0.243 e. The van der Waals surface area contributed by atoms with Crippen LogP contribution < -0.4 is 4.74 Å². The highest BCUT2D eigenvalue weighted by Gasteiger charge is 2.38. The number of sulfonamides is 1. The Morgan fingerprint density at radius 2 is 1.96 bits per heavy atom. The number of benzene rings is 1. The third-order valence-electron chi connectivity index (χ3n) is 3.44. The van der Waals surface area contributed by atoms with E-state index in [1.165, 1.54) is 10.5 Å². The zero-order valence-electron chi connectivity index (χ0n) is 11.9. The van der Waals surface area contributed by atoms with Gasteiger partial charge in [-0.25, -0.2) is 13.4 Å². The van der Waals surface area contributed by atoms with E-state index in [2.05, 4.69) is 20.9 Å². The number of ether oxygens (including phenoxy) is 1. The van der Waals surface area contributed by atoms with Gasteiger partial charge in [0.1, 0.15) is 17.7 Å². The van der Waals surface area contributed by atoms with Crippen molar-refractivity contribution in [1.82, 2.24) is 9.29 Å². The SMILES string of the molecule is N#Cc1cccnc1OC1CN(S(=O)(=O)c2ccc(Br)cc2)C1. The Balaban J connectivity index is 1.67. The summed E-state index contributed by atoms with van der Waals surface area (Å²) in [4.78, 5) is 4.25. The van der Waals surface area contributed by atoms with Crippen LogP contribution in [0.15, 0.2) is 52.0 Å². The van der Waals surface area contributed by atoms with Crippen LogP contribution in [0.1, 0.15) is 5.56 Å². The molecule has 2 heterocycles. The molecule has 0 saturated carbocycles. The van der Waals surface area contributed by atoms with Crippen LogP contribution in [0.25, 0.3) is 0 Å². The molecule has 2 aromatic rings. The Bertz CT molecular complexity index is 856. The summed E-state index contributed by atoms with van der Waals surface area (Å²) in [5.41, 5.74) is 0.335. The average Bonchev–Trinajstić information content (AvgIpc) is 2.51. The molecule has 8 heteroatoms. The third kappa shape index (κ3) is 3.22.